The molecule has 0 aliphatic carbocycles. The van der Waals surface area contributed by atoms with Gasteiger partial charge in [0.15, 0.2) is 11.6 Å². The van der Waals surface area contributed by atoms with Gasteiger partial charge in [-0.1, -0.05) is 29.8 Å². The predicted octanol–water partition coefficient (Wildman–Crippen LogP) is 4.17. The quantitative estimate of drug-likeness (QED) is 0.327. The topological polar surface area (TPSA) is 88.4 Å². The maximum atomic E-state index is 14.4. The van der Waals surface area contributed by atoms with Gasteiger partial charge in [0.1, 0.15) is 12.1 Å². The average molecular weight is 564 g/mol. The number of piperazine rings is 1. The van der Waals surface area contributed by atoms with E-state index < -0.39 is 5.82 Å². The second kappa shape index (κ2) is 12.4. The van der Waals surface area contributed by atoms with Crippen LogP contribution >= 0.6 is 11.6 Å². The molecule has 11 heteroatoms. The molecule has 1 saturated heterocycles. The number of imidazole rings is 1. The number of ether oxygens (including phenoxy) is 1. The summed E-state index contributed by atoms with van der Waals surface area (Å²) in [6.07, 6.45) is 5.43. The lowest BCUT2D eigenvalue weighted by atomic mass is 10.1. The van der Waals surface area contributed by atoms with E-state index in [0.29, 0.717) is 43.7 Å². The largest absolute Gasteiger partial charge is 0.494 e. The molecule has 1 N–H and O–H groups in total. The van der Waals surface area contributed by atoms with Gasteiger partial charge in [-0.25, -0.2) is 14.4 Å². The minimum absolute atomic E-state index is 0.0642. The molecular weight excluding hydrogens is 533 g/mol. The molecule has 1 fully saturated rings. The zero-order chi connectivity index (χ0) is 28.1. The Kier molecular flexibility index (Phi) is 8.57. The molecule has 0 spiro atoms. The zero-order valence-corrected chi connectivity index (χ0v) is 23.2. The number of nitrogens with one attached hydrogen (secondary N) is 1. The van der Waals surface area contributed by atoms with Gasteiger partial charge < -0.3 is 15.0 Å². The van der Waals surface area contributed by atoms with Gasteiger partial charge in [-0.2, -0.15) is 4.98 Å². The van der Waals surface area contributed by atoms with E-state index in [9.17, 15) is 9.18 Å². The van der Waals surface area contributed by atoms with E-state index in [-0.39, 0.29) is 24.1 Å². The van der Waals surface area contributed by atoms with Crippen molar-refractivity contribution < 1.29 is 13.9 Å². The number of hydrogen-bond acceptors (Lipinski definition) is 7. The second-order valence-corrected chi connectivity index (χ2v) is 10.2. The van der Waals surface area contributed by atoms with Crippen LogP contribution in [-0.4, -0.2) is 63.1 Å². The lowest BCUT2D eigenvalue weighted by Crippen LogP contribution is -2.54. The summed E-state index contributed by atoms with van der Waals surface area (Å²) in [6, 6.07) is 14.2. The zero-order valence-electron chi connectivity index (χ0n) is 22.4. The first-order valence-corrected chi connectivity index (χ1v) is 13.4. The van der Waals surface area contributed by atoms with E-state index in [0.717, 1.165) is 22.6 Å². The number of nitrogens with zero attached hydrogens (tertiary/aromatic N) is 6. The summed E-state index contributed by atoms with van der Waals surface area (Å²) in [7, 11) is 1.45. The predicted molar refractivity (Wildman–Crippen MR) is 151 cm³/mol. The Balaban J connectivity index is 1.33. The number of benzene rings is 2. The van der Waals surface area contributed by atoms with Gasteiger partial charge >= 0.3 is 0 Å². The number of halogens is 2. The molecule has 2 aromatic carbocycles. The summed E-state index contributed by atoms with van der Waals surface area (Å²) in [5.74, 6) is 1.07. The van der Waals surface area contributed by atoms with Crippen molar-refractivity contribution in [3.63, 3.8) is 0 Å². The Labute approximate surface area is 237 Å². The highest BCUT2D eigenvalue weighted by Gasteiger charge is 2.30. The average Bonchev–Trinajstić information content (AvgIpc) is 3.49. The van der Waals surface area contributed by atoms with E-state index in [1.807, 2.05) is 31.2 Å². The number of amides is 1. The molecule has 40 heavy (non-hydrogen) atoms. The lowest BCUT2D eigenvalue weighted by Gasteiger charge is -2.42. The van der Waals surface area contributed by atoms with Crippen molar-refractivity contribution in [3.05, 3.63) is 94.9 Å². The Morgan fingerprint density at radius 1 is 1.12 bits per heavy atom. The molecule has 0 radical (unpaired) electrons. The SMILES string of the molecule is COc1ccc(CN2CCN(c3cc(C)nc(-n4ccnc4)n3)CC2CC(=O)NCc2ccc(Cl)cc2)cc1F. The maximum absolute atomic E-state index is 14.4. The van der Waals surface area contributed by atoms with E-state index in [1.54, 1.807) is 41.5 Å². The van der Waals surface area contributed by atoms with Crippen LogP contribution < -0.4 is 15.0 Å². The maximum Gasteiger partial charge on any atom is 0.237 e. The van der Waals surface area contributed by atoms with Gasteiger partial charge in [-0.15, -0.1) is 0 Å². The Morgan fingerprint density at radius 2 is 1.93 bits per heavy atom. The number of rotatable bonds is 9. The van der Waals surface area contributed by atoms with Gasteiger partial charge in [0.25, 0.3) is 0 Å². The number of methoxy groups -OCH3 is 1. The molecule has 1 amide bonds. The fourth-order valence-corrected chi connectivity index (χ4v) is 4.95. The highest BCUT2D eigenvalue weighted by molar-refractivity contribution is 6.30. The monoisotopic (exact) mass is 563 g/mol. The van der Waals surface area contributed by atoms with Crippen molar-refractivity contribution in [2.75, 3.05) is 31.6 Å². The van der Waals surface area contributed by atoms with Gasteiger partial charge in [0.05, 0.1) is 7.11 Å². The van der Waals surface area contributed by atoms with Crippen LogP contribution in [0.2, 0.25) is 5.02 Å². The minimum Gasteiger partial charge on any atom is -0.494 e. The van der Waals surface area contributed by atoms with Crippen LogP contribution in [0.3, 0.4) is 0 Å². The van der Waals surface area contributed by atoms with Crippen molar-refractivity contribution in [2.24, 2.45) is 0 Å². The standard InChI is InChI=1S/C29H31ClFN7O2/c1-20-13-27(35-29(34-20)38-10-9-32-19-38)37-12-11-36(17-22-5-8-26(40-2)25(31)14-22)24(18-37)15-28(39)33-16-21-3-6-23(30)7-4-21/h3-10,13-14,19,24H,11-12,15-18H2,1-2H3,(H,33,39). The van der Waals surface area contributed by atoms with Crippen LogP contribution in [0.15, 0.2) is 67.3 Å². The van der Waals surface area contributed by atoms with Crippen LogP contribution in [0.25, 0.3) is 5.95 Å². The minimum atomic E-state index is -0.403. The van der Waals surface area contributed by atoms with Crippen LogP contribution in [0.4, 0.5) is 10.2 Å². The molecule has 0 bridgehead atoms. The molecular formula is C29H31ClFN7O2. The molecule has 1 aliphatic heterocycles. The van der Waals surface area contributed by atoms with Crippen molar-refractivity contribution in [2.45, 2.75) is 32.5 Å². The van der Waals surface area contributed by atoms with Crippen LogP contribution in [0.1, 0.15) is 23.2 Å². The molecule has 1 aliphatic rings. The third-order valence-corrected chi connectivity index (χ3v) is 7.17. The molecule has 1 unspecified atom stereocenters. The number of hydrogen-bond donors (Lipinski definition) is 1. The normalized spacial score (nSPS) is 15.7. The summed E-state index contributed by atoms with van der Waals surface area (Å²) < 4.78 is 21.3. The number of carbonyl (C=O) groups is 1. The van der Waals surface area contributed by atoms with E-state index >= 15 is 0 Å². The molecule has 3 heterocycles. The molecule has 9 nitrogen and oxygen atoms in total. The van der Waals surface area contributed by atoms with Gasteiger partial charge in [-0.05, 0) is 42.3 Å². The second-order valence-electron chi connectivity index (χ2n) is 9.78. The van der Waals surface area contributed by atoms with Gasteiger partial charge in [-0.3, -0.25) is 14.3 Å². The summed E-state index contributed by atoms with van der Waals surface area (Å²) >= 11 is 5.98. The summed E-state index contributed by atoms with van der Waals surface area (Å²) in [6.45, 7) is 4.80. The summed E-state index contributed by atoms with van der Waals surface area (Å²) in [4.78, 5) is 30.9. The first-order valence-electron chi connectivity index (χ1n) is 13.0. The number of carbonyl (C=O) groups excluding carboxylic acids is 1. The fourth-order valence-electron chi connectivity index (χ4n) is 4.83. The van der Waals surface area contributed by atoms with Crippen molar-refractivity contribution in [3.8, 4) is 11.7 Å². The number of aromatic nitrogens is 4. The molecule has 1 atom stereocenters. The molecule has 0 saturated carbocycles. The fraction of sp³-hybridized carbons (Fsp3) is 0.310. The first kappa shape index (κ1) is 27.5. The Morgan fingerprint density at radius 3 is 2.65 bits per heavy atom. The van der Waals surface area contributed by atoms with Crippen LogP contribution in [0, 0.1) is 12.7 Å². The van der Waals surface area contributed by atoms with E-state index in [1.165, 1.54) is 13.2 Å². The van der Waals surface area contributed by atoms with E-state index in [2.05, 4.69) is 25.1 Å². The first-order chi connectivity index (χ1) is 19.4. The van der Waals surface area contributed by atoms with Gasteiger partial charge in [0.2, 0.25) is 11.9 Å². The smallest absolute Gasteiger partial charge is 0.237 e. The number of aryl methyl sites for hydroxylation is 1. The molecule has 2 aromatic heterocycles. The molecule has 4 aromatic rings. The van der Waals surface area contributed by atoms with E-state index in [4.69, 9.17) is 21.3 Å². The highest BCUT2D eigenvalue weighted by Crippen LogP contribution is 2.24. The van der Waals surface area contributed by atoms with Crippen molar-refractivity contribution in [1.29, 1.82) is 0 Å². The third-order valence-electron chi connectivity index (χ3n) is 6.92. The summed E-state index contributed by atoms with van der Waals surface area (Å²) in [5, 5.41) is 3.68. The lowest BCUT2D eigenvalue weighted by molar-refractivity contribution is -0.122. The van der Waals surface area contributed by atoms with Crippen molar-refractivity contribution >= 4 is 23.3 Å². The Hall–Kier alpha value is -4.02. The Bertz CT molecular complexity index is 1450. The van der Waals surface area contributed by atoms with Crippen molar-refractivity contribution in [1.82, 2.24) is 29.7 Å². The third kappa shape index (κ3) is 6.75. The summed E-state index contributed by atoms with van der Waals surface area (Å²) in [5.41, 5.74) is 2.62. The highest BCUT2D eigenvalue weighted by atomic mass is 35.5. The molecule has 5 rings (SSSR count). The number of anilines is 1. The molecule has 208 valence electrons. The van der Waals surface area contributed by atoms with Crippen LogP contribution in [-0.2, 0) is 17.9 Å². The van der Waals surface area contributed by atoms with Gasteiger partial charge in [0, 0.05) is 74.4 Å². The van der Waals surface area contributed by atoms with Crippen LogP contribution in [0.5, 0.6) is 5.75 Å².